The summed E-state index contributed by atoms with van der Waals surface area (Å²) in [7, 11) is 0. The lowest BCUT2D eigenvalue weighted by Gasteiger charge is -2.40. The van der Waals surface area contributed by atoms with Gasteiger partial charge in [0.2, 0.25) is 0 Å². The van der Waals surface area contributed by atoms with E-state index in [0.29, 0.717) is 6.54 Å². The Labute approximate surface area is 184 Å². The minimum atomic E-state index is -1.31. The van der Waals surface area contributed by atoms with Crippen LogP contribution in [0.4, 0.5) is 0 Å². The van der Waals surface area contributed by atoms with E-state index in [9.17, 15) is 20.4 Å². The van der Waals surface area contributed by atoms with Gasteiger partial charge in [0, 0.05) is 0 Å². The van der Waals surface area contributed by atoms with Gasteiger partial charge in [0.05, 0.1) is 6.61 Å². The highest BCUT2D eigenvalue weighted by Crippen LogP contribution is 2.20. The second-order valence-corrected chi connectivity index (χ2v) is 9.01. The molecule has 5 atom stereocenters. The van der Waals surface area contributed by atoms with Crippen LogP contribution in [0.5, 0.6) is 0 Å². The fourth-order valence-electron chi connectivity index (χ4n) is 4.19. The molecule has 5 N–H and O–H groups in total. The standard InChI is InChI=1S/C24H49NO5/c1-2-3-4-5-6-7-8-9-10-11-12-13-14-15-16-17-18-25-24-23(29)22(28)21(27)20(19-26)30-24/h20-29H,2-19H2,1H3/t20-,21+,22+,23-,24?/m1/s1. The van der Waals surface area contributed by atoms with E-state index in [4.69, 9.17) is 4.74 Å². The maximum atomic E-state index is 9.98. The lowest BCUT2D eigenvalue weighted by atomic mass is 9.98. The summed E-state index contributed by atoms with van der Waals surface area (Å²) in [6, 6.07) is 0. The quantitative estimate of drug-likeness (QED) is 0.200. The van der Waals surface area contributed by atoms with Crippen LogP contribution in [-0.4, -0.2) is 64.2 Å². The van der Waals surface area contributed by atoms with Crippen LogP contribution in [0.1, 0.15) is 110 Å². The van der Waals surface area contributed by atoms with Crippen LogP contribution in [-0.2, 0) is 4.74 Å². The molecule has 0 amide bonds. The van der Waals surface area contributed by atoms with Crippen LogP contribution in [0.25, 0.3) is 0 Å². The summed E-state index contributed by atoms with van der Waals surface area (Å²) >= 11 is 0. The molecule has 0 spiro atoms. The van der Waals surface area contributed by atoms with Gasteiger partial charge in [0.15, 0.2) is 0 Å². The largest absolute Gasteiger partial charge is 0.394 e. The Morgan fingerprint density at radius 1 is 0.600 bits per heavy atom. The molecule has 0 aromatic rings. The monoisotopic (exact) mass is 431 g/mol. The van der Waals surface area contributed by atoms with Crippen molar-refractivity contribution in [1.82, 2.24) is 5.32 Å². The lowest BCUT2D eigenvalue weighted by Crippen LogP contribution is -2.62. The molecule has 0 saturated carbocycles. The average molecular weight is 432 g/mol. The number of hydrogen-bond donors (Lipinski definition) is 5. The van der Waals surface area contributed by atoms with Crippen LogP contribution in [0, 0.1) is 0 Å². The zero-order chi connectivity index (χ0) is 22.0. The second-order valence-electron chi connectivity index (χ2n) is 9.01. The topological polar surface area (TPSA) is 102 Å². The predicted molar refractivity (Wildman–Crippen MR) is 121 cm³/mol. The Morgan fingerprint density at radius 3 is 1.47 bits per heavy atom. The van der Waals surface area contributed by atoms with E-state index in [0.717, 1.165) is 12.8 Å². The molecule has 1 fully saturated rings. The number of aliphatic hydroxyl groups excluding tert-OH is 4. The van der Waals surface area contributed by atoms with E-state index in [1.807, 2.05) is 0 Å². The van der Waals surface area contributed by atoms with Crippen molar-refractivity contribution in [3.05, 3.63) is 0 Å². The molecule has 1 heterocycles. The number of ether oxygens (including phenoxy) is 1. The van der Waals surface area contributed by atoms with Crippen molar-refractivity contribution >= 4 is 0 Å². The van der Waals surface area contributed by atoms with Gasteiger partial charge in [-0.3, -0.25) is 5.32 Å². The second kappa shape index (κ2) is 18.3. The van der Waals surface area contributed by atoms with E-state index >= 15 is 0 Å². The number of aliphatic hydroxyl groups is 4. The molecular weight excluding hydrogens is 382 g/mol. The Balaban J connectivity index is 1.85. The van der Waals surface area contributed by atoms with E-state index in [2.05, 4.69) is 12.2 Å². The van der Waals surface area contributed by atoms with Crippen molar-refractivity contribution in [3.8, 4) is 0 Å². The lowest BCUT2D eigenvalue weighted by molar-refractivity contribution is -0.236. The van der Waals surface area contributed by atoms with Crippen molar-refractivity contribution in [2.24, 2.45) is 0 Å². The summed E-state index contributed by atoms with van der Waals surface area (Å²) in [5.41, 5.74) is 0. The molecule has 30 heavy (non-hydrogen) atoms. The molecule has 0 aromatic carbocycles. The number of unbranched alkanes of at least 4 members (excludes halogenated alkanes) is 15. The van der Waals surface area contributed by atoms with Crippen molar-refractivity contribution in [3.63, 3.8) is 0 Å². The van der Waals surface area contributed by atoms with E-state index in [1.165, 1.54) is 89.9 Å². The maximum Gasteiger partial charge on any atom is 0.137 e. The fraction of sp³-hybridized carbons (Fsp3) is 1.00. The van der Waals surface area contributed by atoms with Gasteiger partial charge in [-0.2, -0.15) is 0 Å². The van der Waals surface area contributed by atoms with Gasteiger partial charge < -0.3 is 25.2 Å². The van der Waals surface area contributed by atoms with E-state index < -0.39 is 30.6 Å². The smallest absolute Gasteiger partial charge is 0.137 e. The highest BCUT2D eigenvalue weighted by Gasteiger charge is 2.42. The molecule has 6 nitrogen and oxygen atoms in total. The van der Waals surface area contributed by atoms with Crippen LogP contribution in [0.3, 0.4) is 0 Å². The first-order valence-electron chi connectivity index (χ1n) is 12.7. The van der Waals surface area contributed by atoms with Crippen LogP contribution in [0.2, 0.25) is 0 Å². The summed E-state index contributed by atoms with van der Waals surface area (Å²) in [6.45, 7) is 2.56. The maximum absolute atomic E-state index is 9.98. The Kier molecular flexibility index (Phi) is 17.0. The Bertz CT molecular complexity index is 383. The molecule has 1 aliphatic heterocycles. The zero-order valence-corrected chi connectivity index (χ0v) is 19.3. The minimum absolute atomic E-state index is 0.387. The van der Waals surface area contributed by atoms with Gasteiger partial charge in [0.25, 0.3) is 0 Å². The number of rotatable bonds is 19. The van der Waals surface area contributed by atoms with Gasteiger partial charge in [-0.15, -0.1) is 0 Å². The summed E-state index contributed by atoms with van der Waals surface area (Å²) in [4.78, 5) is 0. The molecule has 1 unspecified atom stereocenters. The Morgan fingerprint density at radius 2 is 1.03 bits per heavy atom. The van der Waals surface area contributed by atoms with Crippen LogP contribution in [0.15, 0.2) is 0 Å². The van der Waals surface area contributed by atoms with Crippen molar-refractivity contribution < 1.29 is 25.2 Å². The molecule has 1 aliphatic rings. The Hall–Kier alpha value is -0.240. The van der Waals surface area contributed by atoms with Crippen LogP contribution < -0.4 is 5.32 Å². The molecule has 0 aliphatic carbocycles. The highest BCUT2D eigenvalue weighted by atomic mass is 16.6. The van der Waals surface area contributed by atoms with Gasteiger partial charge in [-0.25, -0.2) is 0 Å². The molecular formula is C24H49NO5. The molecule has 0 radical (unpaired) electrons. The molecule has 1 rings (SSSR count). The minimum Gasteiger partial charge on any atom is -0.394 e. The summed E-state index contributed by atoms with van der Waals surface area (Å²) in [6.07, 6.45) is 15.9. The van der Waals surface area contributed by atoms with Gasteiger partial charge in [0.1, 0.15) is 30.6 Å². The molecule has 6 heteroatoms. The summed E-state index contributed by atoms with van der Waals surface area (Å²) < 4.78 is 5.44. The van der Waals surface area contributed by atoms with Crippen LogP contribution >= 0.6 is 0 Å². The highest BCUT2D eigenvalue weighted by molar-refractivity contribution is 4.90. The first-order valence-corrected chi connectivity index (χ1v) is 12.7. The summed E-state index contributed by atoms with van der Waals surface area (Å²) in [5.74, 6) is 0. The first kappa shape index (κ1) is 27.8. The third kappa shape index (κ3) is 12.0. The van der Waals surface area contributed by atoms with Crippen molar-refractivity contribution in [2.75, 3.05) is 13.2 Å². The van der Waals surface area contributed by atoms with Gasteiger partial charge in [-0.05, 0) is 13.0 Å². The number of nitrogens with one attached hydrogen (secondary N) is 1. The van der Waals surface area contributed by atoms with Crippen molar-refractivity contribution in [1.29, 1.82) is 0 Å². The fourth-order valence-corrected chi connectivity index (χ4v) is 4.19. The molecule has 0 bridgehead atoms. The molecule has 180 valence electrons. The zero-order valence-electron chi connectivity index (χ0n) is 19.3. The third-order valence-electron chi connectivity index (χ3n) is 6.27. The van der Waals surface area contributed by atoms with E-state index in [1.54, 1.807) is 0 Å². The number of hydrogen-bond acceptors (Lipinski definition) is 6. The molecule has 1 saturated heterocycles. The first-order chi connectivity index (χ1) is 14.6. The van der Waals surface area contributed by atoms with E-state index in [-0.39, 0.29) is 6.61 Å². The predicted octanol–water partition coefficient (Wildman–Crippen LogP) is 3.64. The van der Waals surface area contributed by atoms with Gasteiger partial charge >= 0.3 is 0 Å². The normalized spacial score (nSPS) is 26.9. The van der Waals surface area contributed by atoms with Crippen molar-refractivity contribution in [2.45, 2.75) is 140 Å². The molecule has 0 aromatic heterocycles. The SMILES string of the molecule is CCCCCCCCCCCCCCCCCCNC1O[C@H](CO)[C@H](O)[C@H](O)[C@H]1O. The summed E-state index contributed by atoms with van der Waals surface area (Å²) in [5, 5.41) is 41.8. The average Bonchev–Trinajstić information content (AvgIpc) is 2.75. The van der Waals surface area contributed by atoms with Gasteiger partial charge in [-0.1, -0.05) is 103 Å². The third-order valence-corrected chi connectivity index (χ3v) is 6.27.